The van der Waals surface area contributed by atoms with Crippen molar-refractivity contribution in [2.45, 2.75) is 130 Å². The maximum Gasteiger partial charge on any atom is 4.00 e. The molecule has 33 heavy (non-hydrogen) atoms. The molecule has 0 aliphatic rings. The first-order valence-corrected chi connectivity index (χ1v) is 11.9. The van der Waals surface area contributed by atoms with Gasteiger partial charge in [-0.1, -0.05) is 79.1 Å². The van der Waals surface area contributed by atoms with Crippen LogP contribution in [-0.4, -0.2) is 23.9 Å². The molecule has 0 saturated heterocycles. The fourth-order valence-corrected chi connectivity index (χ4v) is 2.08. The van der Waals surface area contributed by atoms with Crippen molar-refractivity contribution >= 4 is 23.9 Å². The monoisotopic (exact) mass is 655 g/mol. The van der Waals surface area contributed by atoms with Crippen molar-refractivity contribution in [2.75, 3.05) is 0 Å². The molecule has 9 heteroatoms. The zero-order valence-electron chi connectivity index (χ0n) is 20.9. The van der Waals surface area contributed by atoms with Gasteiger partial charge in [-0.15, -0.1) is 0 Å². The van der Waals surface area contributed by atoms with Crippen LogP contribution >= 0.6 is 0 Å². The first kappa shape index (κ1) is 41.8. The first-order valence-electron chi connectivity index (χ1n) is 11.9. The summed E-state index contributed by atoms with van der Waals surface area (Å²) in [6.45, 7) is 8.15. The predicted molar refractivity (Wildman–Crippen MR) is 117 cm³/mol. The molecule has 0 N–H and O–H groups in total. The van der Waals surface area contributed by atoms with Crippen molar-refractivity contribution in [3.05, 3.63) is 0 Å². The first-order chi connectivity index (χ1) is 15.1. The molecule has 0 fully saturated rings. The van der Waals surface area contributed by atoms with E-state index >= 15 is 0 Å². The molecule has 0 atom stereocenters. The van der Waals surface area contributed by atoms with E-state index in [0.29, 0.717) is 0 Å². The molecule has 0 radical (unpaired) electrons. The maximum atomic E-state index is 9.76. The van der Waals surface area contributed by atoms with Crippen molar-refractivity contribution in [1.29, 1.82) is 0 Å². The van der Waals surface area contributed by atoms with Crippen LogP contribution in [-0.2, 0) is 40.2 Å². The number of rotatable bonds is 16. The molecule has 0 spiro atoms. The Bertz CT molecular complexity index is 362. The minimum Gasteiger partial charge on any atom is -0.550 e. The number of hydrogen-bond donors (Lipinski definition) is 0. The van der Waals surface area contributed by atoms with Gasteiger partial charge in [-0.05, 0) is 51.4 Å². The summed E-state index contributed by atoms with van der Waals surface area (Å²) in [5.74, 6) is -3.73. The topological polar surface area (TPSA) is 161 Å². The van der Waals surface area contributed by atoms with E-state index in [1.54, 1.807) is 0 Å². The van der Waals surface area contributed by atoms with Gasteiger partial charge in [0.05, 0.1) is 0 Å². The summed E-state index contributed by atoms with van der Waals surface area (Å²) in [5.41, 5.74) is 0. The van der Waals surface area contributed by atoms with Crippen LogP contribution in [0.2, 0.25) is 0 Å². The summed E-state index contributed by atoms with van der Waals surface area (Å²) < 4.78 is 0. The number of carboxylic acids is 4. The summed E-state index contributed by atoms with van der Waals surface area (Å²) in [7, 11) is 0. The second-order valence-corrected chi connectivity index (χ2v) is 7.32. The molecule has 8 nitrogen and oxygen atoms in total. The fraction of sp³-hybridized carbons (Fsp3) is 0.833. The number of carbonyl (C=O) groups is 4. The van der Waals surface area contributed by atoms with E-state index in [1.807, 2.05) is 27.7 Å². The van der Waals surface area contributed by atoms with E-state index in [0.717, 1.165) is 77.0 Å². The van der Waals surface area contributed by atoms with Crippen LogP contribution in [0.15, 0.2) is 0 Å². The van der Waals surface area contributed by atoms with Crippen molar-refractivity contribution < 1.29 is 60.7 Å². The van der Waals surface area contributed by atoms with Crippen molar-refractivity contribution in [3.63, 3.8) is 0 Å². The van der Waals surface area contributed by atoms with E-state index < -0.39 is 23.9 Å². The zero-order chi connectivity index (χ0) is 25.6. The van der Waals surface area contributed by atoms with Gasteiger partial charge in [0, 0.05) is 23.9 Å². The van der Waals surface area contributed by atoms with Gasteiger partial charge in [0.15, 0.2) is 0 Å². The quantitative estimate of drug-likeness (QED) is 0.225. The molecule has 0 aromatic carbocycles. The van der Waals surface area contributed by atoms with Gasteiger partial charge in [0.1, 0.15) is 0 Å². The summed E-state index contributed by atoms with van der Waals surface area (Å²) in [6, 6.07) is 0. The van der Waals surface area contributed by atoms with Crippen molar-refractivity contribution in [1.82, 2.24) is 0 Å². The Morgan fingerprint density at radius 2 is 0.545 bits per heavy atom. The normalized spacial score (nSPS) is 8.85. The number of unbranched alkanes of at least 4 members (excludes halogenated alkanes) is 8. The summed E-state index contributed by atoms with van der Waals surface area (Å²) in [4.78, 5) is 39.1. The molecule has 0 heterocycles. The minimum atomic E-state index is -0.932. The molecule has 0 amide bonds. The third-order valence-electron chi connectivity index (χ3n) is 3.94. The van der Waals surface area contributed by atoms with Gasteiger partial charge in [-0.25, -0.2) is 0 Å². The van der Waals surface area contributed by atoms with Gasteiger partial charge >= 0.3 is 21.1 Å². The summed E-state index contributed by atoms with van der Waals surface area (Å²) >= 11 is 0. The second-order valence-electron chi connectivity index (χ2n) is 7.32. The van der Waals surface area contributed by atoms with Crippen LogP contribution in [0.25, 0.3) is 0 Å². The smallest absolute Gasteiger partial charge is 0.550 e. The van der Waals surface area contributed by atoms with Crippen LogP contribution < -0.4 is 20.4 Å². The SMILES string of the molecule is CCCCCC(=O)[O-].CCCCCC(=O)[O-].CCCCCC(=O)[O-].CCCCCC(=O)[O-].[Pt+4]. The molecule has 198 valence electrons. The molecule has 0 aliphatic heterocycles. The van der Waals surface area contributed by atoms with Crippen LogP contribution in [0.4, 0.5) is 0 Å². The van der Waals surface area contributed by atoms with E-state index in [2.05, 4.69) is 0 Å². The third-order valence-corrected chi connectivity index (χ3v) is 3.94. The maximum absolute atomic E-state index is 9.76. The molecular weight excluding hydrogens is 611 g/mol. The standard InChI is InChI=1S/4C6H12O2.Pt/c4*1-2-3-4-5-6(7)8;/h4*2-5H2,1H3,(H,7,8);/q;;;;+4/p-4. The number of hydrogen-bond acceptors (Lipinski definition) is 8. The third kappa shape index (κ3) is 72.4. The number of carboxylic acid groups (broad SMARTS) is 4. The summed E-state index contributed by atoms with van der Waals surface area (Å²) in [6.07, 6.45) is 12.1. The molecule has 0 unspecified atom stereocenters. The largest absolute Gasteiger partial charge is 4.00 e. The molecule has 0 rings (SSSR count). The molecular formula is C24H44O8Pt. The molecule has 0 aliphatic carbocycles. The zero-order valence-corrected chi connectivity index (χ0v) is 23.2. The number of carbonyl (C=O) groups excluding carboxylic acids is 4. The van der Waals surface area contributed by atoms with E-state index in [4.69, 9.17) is 0 Å². The Morgan fingerprint density at radius 1 is 0.394 bits per heavy atom. The average Bonchev–Trinajstić information content (AvgIpc) is 2.69. The molecule has 0 bridgehead atoms. The van der Waals surface area contributed by atoms with Gasteiger partial charge in [0.25, 0.3) is 0 Å². The minimum absolute atomic E-state index is 0. The second kappa shape index (κ2) is 37.9. The Hall–Kier alpha value is -1.43. The van der Waals surface area contributed by atoms with Crippen LogP contribution in [0.3, 0.4) is 0 Å². The van der Waals surface area contributed by atoms with Gasteiger partial charge in [-0.2, -0.15) is 0 Å². The van der Waals surface area contributed by atoms with Crippen LogP contribution in [0.5, 0.6) is 0 Å². The predicted octanol–water partition coefficient (Wildman–Crippen LogP) is 1.26. The van der Waals surface area contributed by atoms with E-state index in [1.165, 1.54) is 0 Å². The molecule has 0 aromatic rings. The van der Waals surface area contributed by atoms with Crippen molar-refractivity contribution in [3.8, 4) is 0 Å². The average molecular weight is 656 g/mol. The Balaban J connectivity index is -0.000000105. The molecule has 0 saturated carbocycles. The Kier molecular flexibility index (Phi) is 47.9. The van der Waals surface area contributed by atoms with Gasteiger partial charge < -0.3 is 39.6 Å². The van der Waals surface area contributed by atoms with E-state index in [9.17, 15) is 39.6 Å². The number of aliphatic carboxylic acids is 4. The Morgan fingerprint density at radius 3 is 0.636 bits per heavy atom. The summed E-state index contributed by atoms with van der Waals surface area (Å²) in [5, 5.41) is 39.1. The van der Waals surface area contributed by atoms with Gasteiger partial charge in [-0.3, -0.25) is 0 Å². The van der Waals surface area contributed by atoms with E-state index in [-0.39, 0.29) is 46.7 Å². The fourth-order valence-electron chi connectivity index (χ4n) is 2.08. The Labute approximate surface area is 214 Å². The molecule has 0 aromatic heterocycles. The van der Waals surface area contributed by atoms with Crippen LogP contribution in [0.1, 0.15) is 130 Å². The van der Waals surface area contributed by atoms with Crippen molar-refractivity contribution in [2.24, 2.45) is 0 Å². The van der Waals surface area contributed by atoms with Crippen LogP contribution in [0, 0.1) is 0 Å². The van der Waals surface area contributed by atoms with Gasteiger partial charge in [0.2, 0.25) is 0 Å².